The van der Waals surface area contributed by atoms with E-state index in [1.807, 2.05) is 11.9 Å². The van der Waals surface area contributed by atoms with Gasteiger partial charge in [0.2, 0.25) is 5.91 Å². The Morgan fingerprint density at radius 3 is 2.81 bits per heavy atom. The molecule has 0 saturated carbocycles. The minimum absolute atomic E-state index is 0.125. The molecule has 1 aliphatic heterocycles. The van der Waals surface area contributed by atoms with Crippen LogP contribution in [0.2, 0.25) is 0 Å². The van der Waals surface area contributed by atoms with Crippen LogP contribution in [-0.2, 0) is 11.3 Å². The fourth-order valence-electron chi connectivity index (χ4n) is 2.40. The number of amides is 1. The van der Waals surface area contributed by atoms with Crippen LogP contribution in [0.15, 0.2) is 24.3 Å². The molecule has 1 heterocycles. The van der Waals surface area contributed by atoms with Gasteiger partial charge in [0.15, 0.2) is 0 Å². The maximum atomic E-state index is 12.8. The maximum Gasteiger partial charge on any atom is 0.234 e. The summed E-state index contributed by atoms with van der Waals surface area (Å²) in [5, 5.41) is 15.9. The van der Waals surface area contributed by atoms with Gasteiger partial charge in [0.25, 0.3) is 0 Å². The van der Waals surface area contributed by atoms with Crippen molar-refractivity contribution in [2.45, 2.75) is 18.6 Å². The van der Waals surface area contributed by atoms with Crippen LogP contribution in [0.1, 0.15) is 12.0 Å². The number of likely N-dealkylation sites (N-methyl/N-ethyl adjacent to an activating group) is 1. The van der Waals surface area contributed by atoms with Gasteiger partial charge in [-0.1, -0.05) is 12.1 Å². The Bertz CT molecular complexity index is 472. The van der Waals surface area contributed by atoms with Crippen LogP contribution in [0, 0.1) is 5.82 Å². The number of carbonyl (C=O) groups is 1. The van der Waals surface area contributed by atoms with Crippen molar-refractivity contribution in [2.75, 3.05) is 33.2 Å². The summed E-state index contributed by atoms with van der Waals surface area (Å²) in [5.74, 6) is -0.391. The molecule has 0 spiro atoms. The molecule has 1 saturated heterocycles. The first-order valence-corrected chi connectivity index (χ1v) is 7.10. The number of rotatable bonds is 6. The van der Waals surface area contributed by atoms with E-state index in [-0.39, 0.29) is 24.8 Å². The quantitative estimate of drug-likeness (QED) is 0.696. The minimum atomic E-state index is -0.828. The number of aliphatic hydroxyl groups is 1. The molecule has 1 aromatic rings. The average Bonchev–Trinajstić information content (AvgIpc) is 2.87. The lowest BCUT2D eigenvalue weighted by Gasteiger charge is -2.23. The van der Waals surface area contributed by atoms with E-state index >= 15 is 0 Å². The highest BCUT2D eigenvalue weighted by Gasteiger charge is 2.31. The zero-order valence-corrected chi connectivity index (χ0v) is 12.2. The second-order valence-electron chi connectivity index (χ2n) is 5.73. The van der Waals surface area contributed by atoms with Crippen molar-refractivity contribution >= 4 is 5.91 Å². The number of hydrogen-bond donors (Lipinski definition) is 3. The number of hydrogen-bond acceptors (Lipinski definition) is 4. The molecule has 1 atom stereocenters. The fraction of sp³-hybridized carbons (Fsp3) is 0.533. The summed E-state index contributed by atoms with van der Waals surface area (Å²) < 4.78 is 12.8. The van der Waals surface area contributed by atoms with Gasteiger partial charge in [0.05, 0.1) is 12.1 Å². The van der Waals surface area contributed by atoms with Gasteiger partial charge in [0, 0.05) is 19.6 Å². The van der Waals surface area contributed by atoms with Gasteiger partial charge in [-0.25, -0.2) is 4.39 Å². The van der Waals surface area contributed by atoms with E-state index < -0.39 is 5.60 Å². The van der Waals surface area contributed by atoms with Crippen molar-refractivity contribution in [1.29, 1.82) is 0 Å². The van der Waals surface area contributed by atoms with Crippen molar-refractivity contribution in [3.8, 4) is 0 Å². The van der Waals surface area contributed by atoms with Crippen molar-refractivity contribution in [2.24, 2.45) is 0 Å². The molecule has 21 heavy (non-hydrogen) atoms. The van der Waals surface area contributed by atoms with Crippen molar-refractivity contribution in [3.63, 3.8) is 0 Å². The van der Waals surface area contributed by atoms with E-state index in [4.69, 9.17) is 0 Å². The van der Waals surface area contributed by atoms with Gasteiger partial charge >= 0.3 is 0 Å². The third-order valence-corrected chi connectivity index (χ3v) is 3.62. The molecule has 0 bridgehead atoms. The van der Waals surface area contributed by atoms with E-state index in [1.165, 1.54) is 12.1 Å². The SMILES string of the molecule is CN(CC(=O)NC[C@]1(O)CCNC1)Cc1ccc(F)cc1. The monoisotopic (exact) mass is 295 g/mol. The van der Waals surface area contributed by atoms with E-state index in [0.29, 0.717) is 19.5 Å². The lowest BCUT2D eigenvalue weighted by molar-refractivity contribution is -0.123. The first kappa shape index (κ1) is 15.9. The van der Waals surface area contributed by atoms with Crippen LogP contribution < -0.4 is 10.6 Å². The number of benzene rings is 1. The Labute approximate surface area is 124 Å². The summed E-state index contributed by atoms with van der Waals surface area (Å²) in [5.41, 5.74) is 0.121. The van der Waals surface area contributed by atoms with E-state index in [1.54, 1.807) is 12.1 Å². The first-order chi connectivity index (χ1) is 9.97. The highest BCUT2D eigenvalue weighted by Crippen LogP contribution is 2.12. The van der Waals surface area contributed by atoms with Crippen LogP contribution in [0.3, 0.4) is 0 Å². The zero-order chi connectivity index (χ0) is 15.3. The normalized spacial score (nSPS) is 21.7. The summed E-state index contributed by atoms with van der Waals surface area (Å²) in [6, 6.07) is 6.23. The molecule has 116 valence electrons. The van der Waals surface area contributed by atoms with Gasteiger partial charge in [-0.15, -0.1) is 0 Å². The number of β-amino-alcohol motifs (C(OH)–C–C–N with tert-alkyl or cyclic N) is 1. The molecule has 1 aromatic carbocycles. The van der Waals surface area contributed by atoms with E-state index in [0.717, 1.165) is 12.1 Å². The van der Waals surface area contributed by atoms with Gasteiger partial charge in [0.1, 0.15) is 5.82 Å². The molecule has 6 heteroatoms. The second kappa shape index (κ2) is 6.98. The zero-order valence-electron chi connectivity index (χ0n) is 12.2. The molecule has 0 unspecified atom stereocenters. The summed E-state index contributed by atoms with van der Waals surface area (Å²) in [6.07, 6.45) is 0.651. The van der Waals surface area contributed by atoms with Crippen molar-refractivity contribution in [1.82, 2.24) is 15.5 Å². The third kappa shape index (κ3) is 5.08. The van der Waals surface area contributed by atoms with Crippen LogP contribution in [-0.4, -0.2) is 54.7 Å². The minimum Gasteiger partial charge on any atom is -0.387 e. The molecule has 1 fully saturated rings. The lowest BCUT2D eigenvalue weighted by Crippen LogP contribution is -2.46. The molecule has 0 radical (unpaired) electrons. The molecule has 1 aliphatic rings. The molecule has 3 N–H and O–H groups in total. The van der Waals surface area contributed by atoms with Crippen LogP contribution in [0.4, 0.5) is 4.39 Å². The summed E-state index contributed by atoms with van der Waals surface area (Å²) >= 11 is 0. The summed E-state index contributed by atoms with van der Waals surface area (Å²) in [6.45, 7) is 2.36. The predicted octanol–water partition coefficient (Wildman–Crippen LogP) is 0.0981. The van der Waals surface area contributed by atoms with E-state index in [2.05, 4.69) is 10.6 Å². The molecular formula is C15H22FN3O2. The van der Waals surface area contributed by atoms with Gasteiger partial charge < -0.3 is 15.7 Å². The third-order valence-electron chi connectivity index (χ3n) is 3.62. The smallest absolute Gasteiger partial charge is 0.234 e. The standard InChI is InChI=1S/C15H22FN3O2/c1-19(8-12-2-4-13(16)5-3-12)9-14(20)18-11-15(21)6-7-17-10-15/h2-5,17,21H,6-11H2,1H3,(H,18,20)/t15-/m0/s1. The molecular weight excluding hydrogens is 273 g/mol. The van der Waals surface area contributed by atoms with Gasteiger partial charge in [-0.2, -0.15) is 0 Å². The van der Waals surface area contributed by atoms with E-state index in [9.17, 15) is 14.3 Å². The largest absolute Gasteiger partial charge is 0.387 e. The molecule has 0 aliphatic carbocycles. The topological polar surface area (TPSA) is 64.6 Å². The molecule has 5 nitrogen and oxygen atoms in total. The van der Waals surface area contributed by atoms with Crippen LogP contribution >= 0.6 is 0 Å². The predicted molar refractivity (Wildman–Crippen MR) is 78.2 cm³/mol. The summed E-state index contributed by atoms with van der Waals surface area (Å²) in [7, 11) is 1.83. The fourth-order valence-corrected chi connectivity index (χ4v) is 2.40. The Hall–Kier alpha value is -1.50. The average molecular weight is 295 g/mol. The number of nitrogens with one attached hydrogen (secondary N) is 2. The van der Waals surface area contributed by atoms with Crippen LogP contribution in [0.5, 0.6) is 0 Å². The first-order valence-electron chi connectivity index (χ1n) is 7.10. The lowest BCUT2D eigenvalue weighted by atomic mass is 10.0. The summed E-state index contributed by atoms with van der Waals surface area (Å²) in [4.78, 5) is 13.7. The van der Waals surface area contributed by atoms with Gasteiger partial charge in [-0.3, -0.25) is 9.69 Å². The van der Waals surface area contributed by atoms with Crippen molar-refractivity contribution < 1.29 is 14.3 Å². The highest BCUT2D eigenvalue weighted by atomic mass is 19.1. The molecule has 0 aromatic heterocycles. The van der Waals surface area contributed by atoms with Crippen LogP contribution in [0.25, 0.3) is 0 Å². The Balaban J connectivity index is 1.72. The molecule has 1 amide bonds. The van der Waals surface area contributed by atoms with Crippen molar-refractivity contribution in [3.05, 3.63) is 35.6 Å². The Morgan fingerprint density at radius 1 is 1.48 bits per heavy atom. The maximum absolute atomic E-state index is 12.8. The Morgan fingerprint density at radius 2 is 2.19 bits per heavy atom. The van der Waals surface area contributed by atoms with Gasteiger partial charge in [-0.05, 0) is 37.7 Å². The molecule has 2 rings (SSSR count). The number of nitrogens with zero attached hydrogens (tertiary/aromatic N) is 1. The highest BCUT2D eigenvalue weighted by molar-refractivity contribution is 5.78. The number of carbonyl (C=O) groups excluding carboxylic acids is 1. The second-order valence-corrected chi connectivity index (χ2v) is 5.73. The Kier molecular flexibility index (Phi) is 5.27. The number of halogens is 1.